The molecule has 1 N–H and O–H groups in total. The number of non-ortho nitro benzene ring substituents is 1. The Morgan fingerprint density at radius 2 is 1.91 bits per heavy atom. The Hall–Kier alpha value is -2.75. The summed E-state index contributed by atoms with van der Waals surface area (Å²) < 4.78 is 31.6. The molecule has 9 nitrogen and oxygen atoms in total. The number of nitro groups is 1. The van der Waals surface area contributed by atoms with Crippen molar-refractivity contribution < 1.29 is 18.1 Å². The molecular formula is C12H12N4O5S. The first-order valence-corrected chi connectivity index (χ1v) is 7.45. The van der Waals surface area contributed by atoms with E-state index in [0.717, 1.165) is 6.07 Å². The molecule has 2 aromatic rings. The van der Waals surface area contributed by atoms with Gasteiger partial charge in [-0.05, 0) is 18.6 Å². The van der Waals surface area contributed by atoms with E-state index in [9.17, 15) is 18.5 Å². The monoisotopic (exact) mass is 324 g/mol. The molecule has 0 radical (unpaired) electrons. The van der Waals surface area contributed by atoms with E-state index in [0.29, 0.717) is 5.75 Å². The Kier molecular flexibility index (Phi) is 4.22. The van der Waals surface area contributed by atoms with Crippen LogP contribution in [0, 0.1) is 17.0 Å². The quantitative estimate of drug-likeness (QED) is 0.652. The van der Waals surface area contributed by atoms with E-state index in [4.69, 9.17) is 4.74 Å². The molecule has 116 valence electrons. The minimum Gasteiger partial charge on any atom is -0.494 e. The maximum atomic E-state index is 12.3. The molecule has 10 heteroatoms. The highest BCUT2D eigenvalue weighted by Crippen LogP contribution is 2.22. The average Bonchev–Trinajstić information content (AvgIpc) is 2.47. The lowest BCUT2D eigenvalue weighted by Gasteiger charge is -2.09. The lowest BCUT2D eigenvalue weighted by molar-refractivity contribution is -0.385. The Bertz CT molecular complexity index is 805. The molecule has 2 rings (SSSR count). The Labute approximate surface area is 126 Å². The van der Waals surface area contributed by atoms with Crippen molar-refractivity contribution in [2.75, 3.05) is 11.8 Å². The predicted octanol–water partition coefficient (Wildman–Crippen LogP) is 1.50. The fraction of sp³-hybridized carbons (Fsp3) is 0.167. The van der Waals surface area contributed by atoms with Gasteiger partial charge in [-0.15, -0.1) is 0 Å². The zero-order chi connectivity index (χ0) is 16.3. The molecular weight excluding hydrogens is 312 g/mol. The molecule has 0 aliphatic rings. The molecule has 0 saturated heterocycles. The summed E-state index contributed by atoms with van der Waals surface area (Å²) in [5, 5.41) is 10.7. The van der Waals surface area contributed by atoms with E-state index >= 15 is 0 Å². The van der Waals surface area contributed by atoms with Crippen molar-refractivity contribution in [2.24, 2.45) is 0 Å². The number of aromatic nitrogens is 2. The van der Waals surface area contributed by atoms with Crippen LogP contribution >= 0.6 is 0 Å². The van der Waals surface area contributed by atoms with Crippen molar-refractivity contribution in [1.29, 1.82) is 0 Å². The topological polar surface area (TPSA) is 124 Å². The van der Waals surface area contributed by atoms with Crippen molar-refractivity contribution in [3.05, 3.63) is 46.3 Å². The molecule has 0 bridgehead atoms. The summed E-state index contributed by atoms with van der Waals surface area (Å²) >= 11 is 0. The third-order valence-corrected chi connectivity index (χ3v) is 4.24. The number of rotatable bonds is 5. The summed E-state index contributed by atoms with van der Waals surface area (Å²) in [7, 11) is -2.51. The number of nitrogens with zero attached hydrogens (tertiary/aromatic N) is 3. The van der Waals surface area contributed by atoms with Gasteiger partial charge < -0.3 is 4.74 Å². The van der Waals surface area contributed by atoms with Gasteiger partial charge in [0.2, 0.25) is 5.95 Å². The van der Waals surface area contributed by atoms with Gasteiger partial charge in [-0.3, -0.25) is 10.1 Å². The van der Waals surface area contributed by atoms with E-state index in [1.165, 1.54) is 38.6 Å². The SMILES string of the molecule is COc1cnc(NS(=O)(=O)c2ccc([N+](=O)[O-])cc2C)nc1. The van der Waals surface area contributed by atoms with Crippen LogP contribution in [0.5, 0.6) is 5.75 Å². The molecule has 1 heterocycles. The molecule has 0 aliphatic carbocycles. The third-order valence-electron chi connectivity index (χ3n) is 2.75. The van der Waals surface area contributed by atoms with Crippen LogP contribution in [0.2, 0.25) is 0 Å². The number of sulfonamides is 1. The number of ether oxygens (including phenoxy) is 1. The molecule has 1 aromatic carbocycles. The molecule has 1 aromatic heterocycles. The van der Waals surface area contributed by atoms with Gasteiger partial charge in [0, 0.05) is 12.1 Å². The first kappa shape index (κ1) is 15.6. The van der Waals surface area contributed by atoms with Gasteiger partial charge in [-0.25, -0.2) is 23.1 Å². The Morgan fingerprint density at radius 1 is 1.27 bits per heavy atom. The lowest BCUT2D eigenvalue weighted by atomic mass is 10.2. The summed E-state index contributed by atoms with van der Waals surface area (Å²) in [5.74, 6) is 0.257. The Morgan fingerprint density at radius 3 is 2.41 bits per heavy atom. The van der Waals surface area contributed by atoms with Crippen LogP contribution in [0.25, 0.3) is 0 Å². The molecule has 0 saturated carbocycles. The highest BCUT2D eigenvalue weighted by Gasteiger charge is 2.20. The van der Waals surface area contributed by atoms with Crippen molar-refractivity contribution in [1.82, 2.24) is 9.97 Å². The van der Waals surface area contributed by atoms with Gasteiger partial charge >= 0.3 is 0 Å². The van der Waals surface area contributed by atoms with Gasteiger partial charge in [0.15, 0.2) is 5.75 Å². The summed E-state index contributed by atoms with van der Waals surface area (Å²) in [5.41, 5.74) is 0.0624. The standard InChI is InChI=1S/C12H12N4O5S/c1-8-5-9(16(17)18)3-4-11(8)22(19,20)15-12-13-6-10(21-2)7-14-12/h3-7H,1-2H3,(H,13,14,15). The normalized spacial score (nSPS) is 11.0. The molecule has 0 fully saturated rings. The van der Waals surface area contributed by atoms with Crippen molar-refractivity contribution in [2.45, 2.75) is 11.8 Å². The zero-order valence-corrected chi connectivity index (χ0v) is 12.5. The highest BCUT2D eigenvalue weighted by molar-refractivity contribution is 7.92. The first-order valence-electron chi connectivity index (χ1n) is 5.97. The second-order valence-electron chi connectivity index (χ2n) is 4.26. The maximum Gasteiger partial charge on any atom is 0.269 e. The largest absolute Gasteiger partial charge is 0.494 e. The van der Waals surface area contributed by atoms with Gasteiger partial charge in [-0.2, -0.15) is 0 Å². The fourth-order valence-electron chi connectivity index (χ4n) is 1.70. The van der Waals surface area contributed by atoms with Crippen LogP contribution in [0.1, 0.15) is 5.56 Å². The van der Waals surface area contributed by atoms with Crippen molar-refractivity contribution in [3.63, 3.8) is 0 Å². The molecule has 0 spiro atoms. The molecule has 0 atom stereocenters. The van der Waals surface area contributed by atoms with E-state index in [-0.39, 0.29) is 22.1 Å². The van der Waals surface area contributed by atoms with Crippen LogP contribution in [0.4, 0.5) is 11.6 Å². The fourth-order valence-corrected chi connectivity index (χ4v) is 2.88. The number of nitrogens with one attached hydrogen (secondary N) is 1. The second-order valence-corrected chi connectivity index (χ2v) is 5.91. The molecule has 0 amide bonds. The van der Waals surface area contributed by atoms with E-state index in [1.54, 1.807) is 0 Å². The van der Waals surface area contributed by atoms with Crippen molar-refractivity contribution in [3.8, 4) is 5.75 Å². The number of hydrogen-bond donors (Lipinski definition) is 1. The van der Waals surface area contributed by atoms with Gasteiger partial charge in [0.25, 0.3) is 15.7 Å². The van der Waals surface area contributed by atoms with Crippen LogP contribution < -0.4 is 9.46 Å². The molecule has 0 unspecified atom stereocenters. The predicted molar refractivity (Wildman–Crippen MR) is 77.2 cm³/mol. The van der Waals surface area contributed by atoms with E-state index in [1.807, 2.05) is 0 Å². The maximum absolute atomic E-state index is 12.3. The summed E-state index contributed by atoms with van der Waals surface area (Å²) in [6.07, 6.45) is 2.63. The van der Waals surface area contributed by atoms with Gasteiger partial charge in [-0.1, -0.05) is 0 Å². The number of nitro benzene ring substituents is 1. The van der Waals surface area contributed by atoms with E-state index < -0.39 is 14.9 Å². The second kappa shape index (κ2) is 5.93. The van der Waals surface area contributed by atoms with Gasteiger partial charge in [0.1, 0.15) is 0 Å². The number of aryl methyl sites for hydroxylation is 1. The van der Waals surface area contributed by atoms with Crippen LogP contribution in [-0.2, 0) is 10.0 Å². The lowest BCUT2D eigenvalue weighted by Crippen LogP contribution is -2.16. The minimum atomic E-state index is -3.94. The average molecular weight is 324 g/mol. The first-order chi connectivity index (χ1) is 10.3. The summed E-state index contributed by atoms with van der Waals surface area (Å²) in [6.45, 7) is 1.47. The Balaban J connectivity index is 2.31. The van der Waals surface area contributed by atoms with Gasteiger partial charge in [0.05, 0.1) is 29.3 Å². The third kappa shape index (κ3) is 3.28. The summed E-state index contributed by atoms with van der Waals surface area (Å²) in [4.78, 5) is 17.6. The van der Waals surface area contributed by atoms with E-state index in [2.05, 4.69) is 14.7 Å². The van der Waals surface area contributed by atoms with Crippen LogP contribution in [0.15, 0.2) is 35.5 Å². The van der Waals surface area contributed by atoms with Crippen LogP contribution in [-0.4, -0.2) is 30.4 Å². The number of benzene rings is 1. The van der Waals surface area contributed by atoms with Crippen LogP contribution in [0.3, 0.4) is 0 Å². The summed E-state index contributed by atoms with van der Waals surface area (Å²) in [6, 6.07) is 3.47. The number of methoxy groups -OCH3 is 1. The number of anilines is 1. The van der Waals surface area contributed by atoms with Crippen molar-refractivity contribution >= 4 is 21.7 Å². The highest BCUT2D eigenvalue weighted by atomic mass is 32.2. The molecule has 0 aliphatic heterocycles. The molecule has 22 heavy (non-hydrogen) atoms. The smallest absolute Gasteiger partial charge is 0.269 e. The minimum absolute atomic E-state index is 0.0856. The zero-order valence-electron chi connectivity index (χ0n) is 11.7. The number of hydrogen-bond acceptors (Lipinski definition) is 7.